The van der Waals surface area contributed by atoms with E-state index in [4.69, 9.17) is 0 Å². The predicted molar refractivity (Wildman–Crippen MR) is 70.5 cm³/mol. The lowest BCUT2D eigenvalue weighted by Crippen LogP contribution is -2.39. The maximum absolute atomic E-state index is 11.9. The summed E-state index contributed by atoms with van der Waals surface area (Å²) in [7, 11) is 0. The third kappa shape index (κ3) is 3.86. The van der Waals surface area contributed by atoms with E-state index in [2.05, 4.69) is 15.3 Å². The number of carbonyl (C=O) groups is 1. The fraction of sp³-hybridized carbons (Fsp3) is 0.214. The standard InChI is InChI=1S/C14H15N3O2/c18-9-13(6-11-4-2-1-3-5-11)17-14(19)12-7-15-10-16-8-12/h1-5,7-8,10,13,18H,6,9H2,(H,17,19)/t13-/m0/s1. The molecule has 1 aromatic heterocycles. The Morgan fingerprint density at radius 2 is 1.89 bits per heavy atom. The van der Waals surface area contributed by atoms with E-state index in [1.807, 2.05) is 30.3 Å². The van der Waals surface area contributed by atoms with Gasteiger partial charge in [0.25, 0.3) is 5.91 Å². The van der Waals surface area contributed by atoms with Gasteiger partial charge in [-0.15, -0.1) is 0 Å². The zero-order chi connectivity index (χ0) is 13.5. The van der Waals surface area contributed by atoms with Crippen molar-refractivity contribution in [1.29, 1.82) is 0 Å². The molecule has 5 heteroatoms. The van der Waals surface area contributed by atoms with Crippen LogP contribution in [0.1, 0.15) is 15.9 Å². The zero-order valence-electron chi connectivity index (χ0n) is 10.4. The Kier molecular flexibility index (Phi) is 4.58. The molecular weight excluding hydrogens is 242 g/mol. The molecule has 5 nitrogen and oxygen atoms in total. The molecule has 0 aliphatic rings. The number of hydrogen-bond acceptors (Lipinski definition) is 4. The van der Waals surface area contributed by atoms with E-state index in [0.717, 1.165) is 5.56 Å². The van der Waals surface area contributed by atoms with Crippen LogP contribution in [0, 0.1) is 0 Å². The quantitative estimate of drug-likeness (QED) is 0.831. The van der Waals surface area contributed by atoms with E-state index < -0.39 is 0 Å². The molecule has 0 bridgehead atoms. The second-order valence-electron chi connectivity index (χ2n) is 4.17. The maximum Gasteiger partial charge on any atom is 0.254 e. The van der Waals surface area contributed by atoms with Gasteiger partial charge >= 0.3 is 0 Å². The molecule has 0 spiro atoms. The highest BCUT2D eigenvalue weighted by atomic mass is 16.3. The summed E-state index contributed by atoms with van der Waals surface area (Å²) < 4.78 is 0. The number of rotatable bonds is 5. The lowest BCUT2D eigenvalue weighted by atomic mass is 10.1. The average Bonchev–Trinajstić information content (AvgIpc) is 2.48. The minimum Gasteiger partial charge on any atom is -0.394 e. The fourth-order valence-corrected chi connectivity index (χ4v) is 1.74. The lowest BCUT2D eigenvalue weighted by molar-refractivity contribution is 0.0915. The molecule has 1 heterocycles. The molecule has 1 amide bonds. The van der Waals surface area contributed by atoms with Gasteiger partial charge < -0.3 is 10.4 Å². The molecule has 0 aliphatic heterocycles. The number of carbonyl (C=O) groups excluding carboxylic acids is 1. The third-order valence-corrected chi connectivity index (χ3v) is 2.70. The van der Waals surface area contributed by atoms with Crippen molar-refractivity contribution in [3.8, 4) is 0 Å². The first-order valence-electron chi connectivity index (χ1n) is 6.00. The van der Waals surface area contributed by atoms with E-state index in [9.17, 15) is 9.90 Å². The Morgan fingerprint density at radius 3 is 2.53 bits per heavy atom. The number of aliphatic hydroxyl groups is 1. The molecular formula is C14H15N3O2. The monoisotopic (exact) mass is 257 g/mol. The smallest absolute Gasteiger partial charge is 0.254 e. The van der Waals surface area contributed by atoms with Crippen molar-refractivity contribution >= 4 is 5.91 Å². The summed E-state index contributed by atoms with van der Waals surface area (Å²) in [6, 6.07) is 9.38. The number of nitrogens with one attached hydrogen (secondary N) is 1. The van der Waals surface area contributed by atoms with E-state index in [1.165, 1.54) is 18.7 Å². The summed E-state index contributed by atoms with van der Waals surface area (Å²) in [5.74, 6) is -0.282. The Morgan fingerprint density at radius 1 is 1.21 bits per heavy atom. The molecule has 1 atom stereocenters. The highest BCUT2D eigenvalue weighted by Crippen LogP contribution is 2.04. The van der Waals surface area contributed by atoms with E-state index in [1.54, 1.807) is 0 Å². The summed E-state index contributed by atoms with van der Waals surface area (Å²) >= 11 is 0. The van der Waals surface area contributed by atoms with Crippen LogP contribution >= 0.6 is 0 Å². The van der Waals surface area contributed by atoms with Crippen LogP contribution in [-0.2, 0) is 6.42 Å². The molecule has 0 fully saturated rings. The van der Waals surface area contributed by atoms with Gasteiger partial charge in [0.05, 0.1) is 18.2 Å². The Balaban J connectivity index is 1.98. The molecule has 0 aliphatic carbocycles. The number of aromatic nitrogens is 2. The van der Waals surface area contributed by atoms with E-state index in [0.29, 0.717) is 12.0 Å². The van der Waals surface area contributed by atoms with Crippen LogP contribution in [0.25, 0.3) is 0 Å². The van der Waals surface area contributed by atoms with Gasteiger partial charge in [-0.1, -0.05) is 30.3 Å². The van der Waals surface area contributed by atoms with Crippen LogP contribution < -0.4 is 5.32 Å². The first-order valence-corrected chi connectivity index (χ1v) is 6.00. The van der Waals surface area contributed by atoms with Gasteiger partial charge in [-0.3, -0.25) is 4.79 Å². The van der Waals surface area contributed by atoms with Crippen LogP contribution in [0.15, 0.2) is 49.1 Å². The van der Waals surface area contributed by atoms with Gasteiger partial charge in [0.1, 0.15) is 6.33 Å². The molecule has 0 unspecified atom stereocenters. The molecule has 2 rings (SSSR count). The van der Waals surface area contributed by atoms with Crippen LogP contribution in [0.3, 0.4) is 0 Å². The largest absolute Gasteiger partial charge is 0.394 e. The van der Waals surface area contributed by atoms with Crippen LogP contribution in [-0.4, -0.2) is 33.6 Å². The molecule has 2 N–H and O–H groups in total. The minimum absolute atomic E-state index is 0.117. The first-order chi connectivity index (χ1) is 9.29. The summed E-state index contributed by atoms with van der Waals surface area (Å²) in [4.78, 5) is 19.5. The SMILES string of the molecule is O=C(N[C@H](CO)Cc1ccccc1)c1cncnc1. The Hall–Kier alpha value is -2.27. The van der Waals surface area contributed by atoms with Crippen LogP contribution in [0.5, 0.6) is 0 Å². The number of hydrogen-bond donors (Lipinski definition) is 2. The van der Waals surface area contributed by atoms with E-state index in [-0.39, 0.29) is 18.6 Å². The van der Waals surface area contributed by atoms with Gasteiger partial charge in [0.15, 0.2) is 0 Å². The molecule has 0 saturated carbocycles. The van der Waals surface area contributed by atoms with Gasteiger partial charge in [-0.05, 0) is 12.0 Å². The van der Waals surface area contributed by atoms with Crippen molar-refractivity contribution < 1.29 is 9.90 Å². The number of benzene rings is 1. The molecule has 0 saturated heterocycles. The second-order valence-corrected chi connectivity index (χ2v) is 4.17. The van der Waals surface area contributed by atoms with Gasteiger partial charge in [0.2, 0.25) is 0 Å². The van der Waals surface area contributed by atoms with Crippen molar-refractivity contribution in [2.45, 2.75) is 12.5 Å². The summed E-state index contributed by atoms with van der Waals surface area (Å²) in [5.41, 5.74) is 1.44. The second kappa shape index (κ2) is 6.61. The van der Waals surface area contributed by atoms with Crippen LogP contribution in [0.4, 0.5) is 0 Å². The summed E-state index contributed by atoms with van der Waals surface area (Å²) in [6.07, 6.45) is 4.83. The van der Waals surface area contributed by atoms with Crippen LogP contribution in [0.2, 0.25) is 0 Å². The minimum atomic E-state index is -0.324. The Labute approximate surface area is 111 Å². The topological polar surface area (TPSA) is 75.1 Å². The molecule has 1 aromatic carbocycles. The Bertz CT molecular complexity index is 517. The van der Waals surface area contributed by atoms with Crippen molar-refractivity contribution in [2.24, 2.45) is 0 Å². The highest BCUT2D eigenvalue weighted by molar-refractivity contribution is 5.93. The molecule has 2 aromatic rings. The maximum atomic E-state index is 11.9. The van der Waals surface area contributed by atoms with Crippen molar-refractivity contribution in [2.75, 3.05) is 6.61 Å². The first kappa shape index (κ1) is 13.2. The molecule has 0 radical (unpaired) electrons. The fourth-order valence-electron chi connectivity index (χ4n) is 1.74. The number of aliphatic hydroxyl groups excluding tert-OH is 1. The van der Waals surface area contributed by atoms with Gasteiger partial charge in [-0.25, -0.2) is 9.97 Å². The number of amides is 1. The summed E-state index contributed by atoms with van der Waals surface area (Å²) in [5, 5.41) is 12.1. The average molecular weight is 257 g/mol. The van der Waals surface area contributed by atoms with Crippen molar-refractivity contribution in [3.05, 3.63) is 60.2 Å². The predicted octanol–water partition coefficient (Wildman–Crippen LogP) is 0.810. The zero-order valence-corrected chi connectivity index (χ0v) is 10.4. The molecule has 19 heavy (non-hydrogen) atoms. The van der Waals surface area contributed by atoms with Gasteiger partial charge in [0, 0.05) is 12.4 Å². The van der Waals surface area contributed by atoms with E-state index >= 15 is 0 Å². The lowest BCUT2D eigenvalue weighted by Gasteiger charge is -2.16. The van der Waals surface area contributed by atoms with Crippen molar-refractivity contribution in [3.63, 3.8) is 0 Å². The summed E-state index contributed by atoms with van der Waals surface area (Å²) in [6.45, 7) is -0.117. The normalized spacial score (nSPS) is 11.8. The van der Waals surface area contributed by atoms with Crippen molar-refractivity contribution in [1.82, 2.24) is 15.3 Å². The molecule has 98 valence electrons. The number of nitrogens with zero attached hydrogens (tertiary/aromatic N) is 2. The van der Waals surface area contributed by atoms with Gasteiger partial charge in [-0.2, -0.15) is 0 Å². The highest BCUT2D eigenvalue weighted by Gasteiger charge is 2.13. The third-order valence-electron chi connectivity index (χ3n) is 2.70.